The van der Waals surface area contributed by atoms with Gasteiger partial charge in [0.2, 0.25) is 5.43 Å². The highest BCUT2D eigenvalue weighted by Crippen LogP contribution is 2.15. The molecule has 6 nitrogen and oxygen atoms in total. The number of carbonyl (C=O) groups excluding carboxylic acids is 1. The zero-order valence-electron chi connectivity index (χ0n) is 13.5. The summed E-state index contributed by atoms with van der Waals surface area (Å²) in [6, 6.07) is 8.20. The minimum Gasteiger partial charge on any atom is -0.478 e. The predicted molar refractivity (Wildman–Crippen MR) is 92.9 cm³/mol. The maximum Gasteiger partial charge on any atom is 0.262 e. The van der Waals surface area contributed by atoms with Crippen molar-refractivity contribution in [2.24, 2.45) is 0 Å². The summed E-state index contributed by atoms with van der Waals surface area (Å²) in [4.78, 5) is 23.9. The molecule has 24 heavy (non-hydrogen) atoms. The second-order valence-electron chi connectivity index (χ2n) is 5.13. The fraction of sp³-hybridized carbons (Fsp3) is 0.294. The number of pyridine rings is 1. The number of amides is 1. The molecule has 128 valence electrons. The number of carbonyl (C=O) groups is 1. The summed E-state index contributed by atoms with van der Waals surface area (Å²) in [5.41, 5.74) is 0.949. The van der Waals surface area contributed by atoms with Crippen LogP contribution in [0.25, 0.3) is 0 Å². The Hall–Kier alpha value is -2.31. The molecule has 2 aromatic rings. The van der Waals surface area contributed by atoms with Gasteiger partial charge >= 0.3 is 0 Å². The monoisotopic (exact) mass is 350 g/mol. The Balaban J connectivity index is 2.03. The molecule has 0 spiro atoms. The van der Waals surface area contributed by atoms with Crippen molar-refractivity contribution in [2.45, 2.75) is 13.5 Å². The van der Waals surface area contributed by atoms with Crippen LogP contribution in [0.15, 0.2) is 41.3 Å². The largest absolute Gasteiger partial charge is 0.478 e. The molecule has 0 unspecified atom stereocenters. The Labute approximate surface area is 145 Å². The molecule has 1 aromatic carbocycles. The quantitative estimate of drug-likeness (QED) is 0.832. The first-order valence-electron chi connectivity index (χ1n) is 7.38. The molecule has 0 radical (unpaired) electrons. The normalized spacial score (nSPS) is 10.5. The zero-order chi connectivity index (χ0) is 17.5. The number of aromatic nitrogens is 1. The van der Waals surface area contributed by atoms with Crippen molar-refractivity contribution in [2.75, 3.05) is 25.6 Å². The van der Waals surface area contributed by atoms with E-state index in [0.717, 1.165) is 0 Å². The van der Waals surface area contributed by atoms with Gasteiger partial charge in [-0.3, -0.25) is 9.59 Å². The summed E-state index contributed by atoms with van der Waals surface area (Å²) in [7, 11) is 1.61. The summed E-state index contributed by atoms with van der Waals surface area (Å²) in [6.45, 7) is 2.60. The topological polar surface area (TPSA) is 69.6 Å². The van der Waals surface area contributed by atoms with E-state index in [0.29, 0.717) is 29.6 Å². The Morgan fingerprint density at radius 2 is 2.12 bits per heavy atom. The van der Waals surface area contributed by atoms with E-state index >= 15 is 0 Å². The van der Waals surface area contributed by atoms with Gasteiger partial charge in [0.25, 0.3) is 5.91 Å². The molecule has 0 aliphatic heterocycles. The summed E-state index contributed by atoms with van der Waals surface area (Å²) in [5, 5.41) is 3.19. The number of nitrogens with zero attached hydrogens (tertiary/aromatic N) is 1. The summed E-state index contributed by atoms with van der Waals surface area (Å²) >= 11 is 5.87. The Kier molecular flexibility index (Phi) is 6.40. The van der Waals surface area contributed by atoms with Gasteiger partial charge in [0.1, 0.15) is 0 Å². The molecule has 0 aliphatic rings. The molecule has 1 N–H and O–H groups in total. The minimum atomic E-state index is -0.372. The molecule has 0 saturated heterocycles. The molecular weight excluding hydrogens is 332 g/mol. The maximum atomic E-state index is 12.0. The maximum absolute atomic E-state index is 12.0. The van der Waals surface area contributed by atoms with Gasteiger partial charge in [-0.1, -0.05) is 17.7 Å². The third-order valence-corrected chi connectivity index (χ3v) is 3.62. The lowest BCUT2D eigenvalue weighted by atomic mass is 10.3. The van der Waals surface area contributed by atoms with Crippen LogP contribution in [0, 0.1) is 6.92 Å². The number of halogens is 1. The second kappa shape index (κ2) is 8.52. The van der Waals surface area contributed by atoms with E-state index in [1.807, 2.05) is 4.57 Å². The summed E-state index contributed by atoms with van der Waals surface area (Å²) in [5.74, 6) is -0.210. The van der Waals surface area contributed by atoms with Crippen molar-refractivity contribution in [3.05, 3.63) is 57.5 Å². The first-order valence-corrected chi connectivity index (χ1v) is 7.76. The number of ether oxygens (including phenoxy) is 2. The first kappa shape index (κ1) is 18.0. The highest BCUT2D eigenvalue weighted by atomic mass is 35.5. The van der Waals surface area contributed by atoms with Crippen LogP contribution in [-0.2, 0) is 16.1 Å². The molecule has 0 fully saturated rings. The average molecular weight is 351 g/mol. The highest BCUT2D eigenvalue weighted by molar-refractivity contribution is 6.30. The SMILES string of the molecule is COCCn1ccc(=O)c(OCC(=O)Nc2cccc(Cl)c2)c1C. The molecule has 0 saturated carbocycles. The molecule has 0 aliphatic carbocycles. The molecule has 2 rings (SSSR count). The van der Waals surface area contributed by atoms with Crippen molar-refractivity contribution < 1.29 is 14.3 Å². The van der Waals surface area contributed by atoms with Gasteiger partial charge < -0.3 is 19.4 Å². The summed E-state index contributed by atoms with van der Waals surface area (Å²) in [6.07, 6.45) is 1.68. The van der Waals surface area contributed by atoms with E-state index in [1.54, 1.807) is 44.5 Å². The lowest BCUT2D eigenvalue weighted by Gasteiger charge is -2.14. The van der Waals surface area contributed by atoms with Gasteiger partial charge in [0.05, 0.1) is 12.3 Å². The summed E-state index contributed by atoms with van der Waals surface area (Å²) < 4.78 is 12.3. The molecule has 0 atom stereocenters. The van der Waals surface area contributed by atoms with Gasteiger partial charge in [-0.2, -0.15) is 0 Å². The number of hydrogen-bond donors (Lipinski definition) is 1. The van der Waals surface area contributed by atoms with Crippen LogP contribution in [0.2, 0.25) is 5.02 Å². The Morgan fingerprint density at radius 1 is 1.33 bits per heavy atom. The van der Waals surface area contributed by atoms with Crippen molar-refractivity contribution in [3.63, 3.8) is 0 Å². The van der Waals surface area contributed by atoms with Crippen molar-refractivity contribution in [1.29, 1.82) is 0 Å². The number of rotatable bonds is 7. The van der Waals surface area contributed by atoms with Crippen LogP contribution in [0.3, 0.4) is 0 Å². The highest BCUT2D eigenvalue weighted by Gasteiger charge is 2.11. The van der Waals surface area contributed by atoms with E-state index in [1.165, 1.54) is 6.07 Å². The number of anilines is 1. The molecular formula is C17H19ClN2O4. The van der Waals surface area contributed by atoms with Crippen LogP contribution in [0.1, 0.15) is 5.69 Å². The average Bonchev–Trinajstić information content (AvgIpc) is 2.54. The van der Waals surface area contributed by atoms with Gasteiger partial charge in [-0.15, -0.1) is 0 Å². The van der Waals surface area contributed by atoms with E-state index in [2.05, 4.69) is 5.32 Å². The van der Waals surface area contributed by atoms with Crippen molar-refractivity contribution in [1.82, 2.24) is 4.57 Å². The number of nitrogens with one attached hydrogen (secondary N) is 1. The fourth-order valence-electron chi connectivity index (χ4n) is 2.16. The van der Waals surface area contributed by atoms with Crippen molar-refractivity contribution in [3.8, 4) is 5.75 Å². The van der Waals surface area contributed by atoms with Crippen LogP contribution < -0.4 is 15.5 Å². The van der Waals surface area contributed by atoms with Gasteiger partial charge in [-0.05, 0) is 25.1 Å². The standard InChI is InChI=1S/C17H19ClN2O4/c1-12-17(15(21)6-7-20(12)8-9-23-2)24-11-16(22)19-14-5-3-4-13(18)10-14/h3-7,10H,8-9,11H2,1-2H3,(H,19,22). The molecule has 1 heterocycles. The Morgan fingerprint density at radius 3 is 2.83 bits per heavy atom. The van der Waals surface area contributed by atoms with E-state index in [4.69, 9.17) is 21.1 Å². The third kappa shape index (κ3) is 4.84. The van der Waals surface area contributed by atoms with E-state index in [9.17, 15) is 9.59 Å². The Bertz CT molecular complexity index is 773. The van der Waals surface area contributed by atoms with Crippen molar-refractivity contribution >= 4 is 23.2 Å². The van der Waals surface area contributed by atoms with E-state index < -0.39 is 0 Å². The molecule has 1 aromatic heterocycles. The van der Waals surface area contributed by atoms with Crippen LogP contribution in [-0.4, -0.2) is 30.8 Å². The molecule has 0 bridgehead atoms. The third-order valence-electron chi connectivity index (χ3n) is 3.38. The minimum absolute atomic E-state index is 0.162. The van der Waals surface area contributed by atoms with Gasteiger partial charge in [0.15, 0.2) is 12.4 Å². The first-order chi connectivity index (χ1) is 11.5. The van der Waals surface area contributed by atoms with Gasteiger partial charge in [-0.25, -0.2) is 0 Å². The van der Waals surface area contributed by atoms with Crippen LogP contribution >= 0.6 is 11.6 Å². The van der Waals surface area contributed by atoms with E-state index in [-0.39, 0.29) is 23.7 Å². The van der Waals surface area contributed by atoms with Crippen LogP contribution in [0.5, 0.6) is 5.75 Å². The van der Waals surface area contributed by atoms with Crippen LogP contribution in [0.4, 0.5) is 5.69 Å². The number of benzene rings is 1. The lowest BCUT2D eigenvalue weighted by Crippen LogP contribution is -2.24. The number of hydrogen-bond acceptors (Lipinski definition) is 4. The number of methoxy groups -OCH3 is 1. The molecule has 1 amide bonds. The second-order valence-corrected chi connectivity index (χ2v) is 5.56. The predicted octanol–water partition coefficient (Wildman–Crippen LogP) is 2.47. The molecule has 7 heteroatoms. The zero-order valence-corrected chi connectivity index (χ0v) is 14.3. The smallest absolute Gasteiger partial charge is 0.262 e. The lowest BCUT2D eigenvalue weighted by molar-refractivity contribution is -0.118. The van der Waals surface area contributed by atoms with Gasteiger partial charge in [0, 0.05) is 36.6 Å². The fourth-order valence-corrected chi connectivity index (χ4v) is 2.35.